The zero-order chi connectivity index (χ0) is 30.8. The highest BCUT2D eigenvalue weighted by atomic mass is 16.5. The van der Waals surface area contributed by atoms with Crippen molar-refractivity contribution >= 4 is 29.6 Å². The molecule has 2 aromatic rings. The van der Waals surface area contributed by atoms with Gasteiger partial charge in [0.05, 0.1) is 23.9 Å². The molecule has 3 aliphatic rings. The topological polar surface area (TPSA) is 111 Å². The summed E-state index contributed by atoms with van der Waals surface area (Å²) in [5, 5.41) is 8.15. The first-order chi connectivity index (χ1) is 20.5. The van der Waals surface area contributed by atoms with Gasteiger partial charge in [0.1, 0.15) is 18.6 Å². The first-order valence-electron chi connectivity index (χ1n) is 15.4. The van der Waals surface area contributed by atoms with Crippen LogP contribution in [0.2, 0.25) is 0 Å². The third-order valence-corrected chi connectivity index (χ3v) is 10.0. The maximum atomic E-state index is 12.6. The van der Waals surface area contributed by atoms with Gasteiger partial charge in [-0.2, -0.15) is 0 Å². The zero-order valence-corrected chi connectivity index (χ0v) is 25.5. The van der Waals surface area contributed by atoms with E-state index in [9.17, 15) is 19.2 Å². The molecule has 2 aliphatic carbocycles. The molecule has 0 spiro atoms. The number of Topliss-reactive ketones (excluding diaryl/α,β-unsaturated/α-hetero) is 1. The van der Waals surface area contributed by atoms with E-state index < -0.39 is 17.7 Å². The van der Waals surface area contributed by atoms with Gasteiger partial charge in [-0.1, -0.05) is 62.8 Å². The highest BCUT2D eigenvalue weighted by Gasteiger charge is 2.52. The number of amides is 1. The molecule has 43 heavy (non-hydrogen) atoms. The van der Waals surface area contributed by atoms with E-state index in [1.165, 1.54) is 36.2 Å². The number of hydrogen-bond acceptors (Lipinski definition) is 7. The molecule has 0 N–H and O–H groups in total. The van der Waals surface area contributed by atoms with Crippen LogP contribution in [0.4, 0.5) is 5.69 Å². The van der Waals surface area contributed by atoms with Crippen LogP contribution >= 0.6 is 0 Å². The first kappa shape index (κ1) is 30.6. The van der Waals surface area contributed by atoms with Gasteiger partial charge in [-0.15, -0.1) is 5.10 Å². The Kier molecular flexibility index (Phi) is 8.81. The molecule has 9 heteroatoms. The Morgan fingerprint density at radius 1 is 1.16 bits per heavy atom. The molecule has 2 heterocycles. The number of carbonyl (C=O) groups is 4. The molecule has 1 amide bonds. The molecule has 1 aromatic carbocycles. The standard InChI is InChI=1S/C34H42N4O5/c1-23-11-14-29-33(2,3)15-7-16-34(29,4)27(23)13-12-24(21-39)19-30(40)43-22-25-20-37(36-35-25)17-8-18-38-28-10-6-5-9-26(28)31(41)32(38)42/h5-6,9-10,12,20-21,27,29H,1,7-8,11,13-19,22H2,2-4H3/b24-12+/t27-,29-,34+/m0/s1. The summed E-state index contributed by atoms with van der Waals surface area (Å²) in [4.78, 5) is 50.5. The molecule has 0 radical (unpaired) electrons. The van der Waals surface area contributed by atoms with E-state index >= 15 is 0 Å². The molecule has 0 saturated heterocycles. The second-order valence-electron chi connectivity index (χ2n) is 13.2. The summed E-state index contributed by atoms with van der Waals surface area (Å²) in [6.45, 7) is 12.4. The van der Waals surface area contributed by atoms with Gasteiger partial charge in [0.15, 0.2) is 0 Å². The van der Waals surface area contributed by atoms with Gasteiger partial charge in [-0.3, -0.25) is 23.9 Å². The summed E-state index contributed by atoms with van der Waals surface area (Å²) in [6.07, 6.45) is 11.3. The minimum Gasteiger partial charge on any atom is -0.459 e. The van der Waals surface area contributed by atoms with Crippen molar-refractivity contribution in [3.05, 3.63) is 65.5 Å². The highest BCUT2D eigenvalue weighted by Crippen LogP contribution is 2.61. The van der Waals surface area contributed by atoms with Crippen molar-refractivity contribution in [2.24, 2.45) is 22.7 Å². The Bertz CT molecular complexity index is 1460. The van der Waals surface area contributed by atoms with Crippen LogP contribution in [-0.4, -0.2) is 45.5 Å². The SMILES string of the molecule is C=C1CC[C@H]2C(C)(C)CCC[C@]2(C)[C@H]1C/C=C(/C=O)CC(=O)OCc1cn(CCCN2C(=O)C(=O)c3ccccc32)nn1. The van der Waals surface area contributed by atoms with Crippen LogP contribution in [0.25, 0.3) is 0 Å². The van der Waals surface area contributed by atoms with Gasteiger partial charge in [-0.25, -0.2) is 0 Å². The Balaban J connectivity index is 1.10. The molecule has 1 aliphatic heterocycles. The summed E-state index contributed by atoms with van der Waals surface area (Å²) in [5.74, 6) is -0.570. The molecule has 5 rings (SSSR count). The number of aryl methyl sites for hydroxylation is 1. The number of carbonyl (C=O) groups excluding carboxylic acids is 4. The molecule has 0 unspecified atom stereocenters. The smallest absolute Gasteiger partial charge is 0.310 e. The number of anilines is 1. The van der Waals surface area contributed by atoms with E-state index in [0.717, 1.165) is 12.7 Å². The second kappa shape index (κ2) is 12.4. The fourth-order valence-corrected chi connectivity index (χ4v) is 7.89. The molecule has 9 nitrogen and oxygen atoms in total. The van der Waals surface area contributed by atoms with Crippen molar-refractivity contribution in [2.45, 2.75) is 85.3 Å². The molecular weight excluding hydrogens is 544 g/mol. The predicted molar refractivity (Wildman–Crippen MR) is 162 cm³/mol. The maximum absolute atomic E-state index is 12.6. The third-order valence-electron chi connectivity index (χ3n) is 10.0. The van der Waals surface area contributed by atoms with Crippen LogP contribution in [0.5, 0.6) is 0 Å². The minimum atomic E-state index is -0.517. The number of rotatable bonds is 11. The number of benzene rings is 1. The Labute approximate surface area is 253 Å². The van der Waals surface area contributed by atoms with Crippen molar-refractivity contribution in [1.82, 2.24) is 15.0 Å². The van der Waals surface area contributed by atoms with Crippen LogP contribution in [0.15, 0.2) is 54.3 Å². The predicted octanol–water partition coefficient (Wildman–Crippen LogP) is 5.65. The number of allylic oxidation sites excluding steroid dienone is 2. The van der Waals surface area contributed by atoms with Crippen LogP contribution in [0.1, 0.15) is 88.2 Å². The quantitative estimate of drug-likeness (QED) is 0.110. The Hall–Kier alpha value is -3.88. The molecule has 228 valence electrons. The molecule has 3 atom stereocenters. The van der Waals surface area contributed by atoms with Crippen LogP contribution < -0.4 is 4.90 Å². The lowest BCUT2D eigenvalue weighted by molar-refractivity contribution is -0.144. The van der Waals surface area contributed by atoms with E-state index in [-0.39, 0.29) is 18.4 Å². The van der Waals surface area contributed by atoms with Crippen LogP contribution in [0, 0.1) is 22.7 Å². The van der Waals surface area contributed by atoms with Gasteiger partial charge in [0, 0.05) is 13.1 Å². The lowest BCUT2D eigenvalue weighted by atomic mass is 9.47. The van der Waals surface area contributed by atoms with Gasteiger partial charge in [0.2, 0.25) is 0 Å². The molecule has 2 fully saturated rings. The molecule has 2 saturated carbocycles. The van der Waals surface area contributed by atoms with Crippen molar-refractivity contribution in [3.8, 4) is 0 Å². The summed E-state index contributed by atoms with van der Waals surface area (Å²) in [5.41, 5.74) is 3.69. The Morgan fingerprint density at radius 2 is 1.95 bits per heavy atom. The number of para-hydroxylation sites is 1. The second-order valence-corrected chi connectivity index (χ2v) is 13.2. The van der Waals surface area contributed by atoms with E-state index in [0.29, 0.717) is 65.7 Å². The highest BCUT2D eigenvalue weighted by molar-refractivity contribution is 6.52. The largest absolute Gasteiger partial charge is 0.459 e. The summed E-state index contributed by atoms with van der Waals surface area (Å²) in [7, 11) is 0. The monoisotopic (exact) mass is 586 g/mol. The van der Waals surface area contributed by atoms with Gasteiger partial charge in [0.25, 0.3) is 11.7 Å². The van der Waals surface area contributed by atoms with E-state index in [4.69, 9.17) is 4.74 Å². The lowest BCUT2D eigenvalue weighted by Crippen LogP contribution is -2.49. The molecule has 1 aromatic heterocycles. The van der Waals surface area contributed by atoms with Crippen molar-refractivity contribution < 1.29 is 23.9 Å². The number of aromatic nitrogens is 3. The van der Waals surface area contributed by atoms with Gasteiger partial charge in [-0.05, 0) is 78.9 Å². The van der Waals surface area contributed by atoms with Gasteiger partial charge >= 0.3 is 5.97 Å². The number of aldehydes is 1. The van der Waals surface area contributed by atoms with E-state index in [2.05, 4.69) is 37.7 Å². The minimum absolute atomic E-state index is 0.0499. The number of ketones is 1. The zero-order valence-electron chi connectivity index (χ0n) is 25.5. The summed E-state index contributed by atoms with van der Waals surface area (Å²) in [6, 6.07) is 6.98. The van der Waals surface area contributed by atoms with Crippen molar-refractivity contribution in [2.75, 3.05) is 11.4 Å². The van der Waals surface area contributed by atoms with Gasteiger partial charge < -0.3 is 9.64 Å². The number of hydrogen-bond donors (Lipinski definition) is 0. The average molecular weight is 587 g/mol. The Morgan fingerprint density at radius 3 is 2.74 bits per heavy atom. The number of esters is 1. The maximum Gasteiger partial charge on any atom is 0.310 e. The van der Waals surface area contributed by atoms with E-state index in [1.807, 2.05) is 6.08 Å². The van der Waals surface area contributed by atoms with Crippen molar-refractivity contribution in [3.63, 3.8) is 0 Å². The first-order valence-corrected chi connectivity index (χ1v) is 15.4. The molecular formula is C34H42N4O5. The fraction of sp³-hybridized carbons (Fsp3) is 0.529. The average Bonchev–Trinajstić information content (AvgIpc) is 3.52. The van der Waals surface area contributed by atoms with Crippen molar-refractivity contribution in [1.29, 1.82) is 0 Å². The van der Waals surface area contributed by atoms with Crippen LogP contribution in [0.3, 0.4) is 0 Å². The fourth-order valence-electron chi connectivity index (χ4n) is 7.89. The third kappa shape index (κ3) is 6.26. The number of fused-ring (bicyclic) bond motifs is 2. The lowest BCUT2D eigenvalue weighted by Gasteiger charge is -2.58. The number of ether oxygens (including phenoxy) is 1. The normalized spacial score (nSPS) is 25.0. The summed E-state index contributed by atoms with van der Waals surface area (Å²) < 4.78 is 7.02. The van der Waals surface area contributed by atoms with E-state index in [1.54, 1.807) is 35.1 Å². The molecule has 0 bridgehead atoms. The summed E-state index contributed by atoms with van der Waals surface area (Å²) >= 11 is 0. The van der Waals surface area contributed by atoms with Crippen LogP contribution in [-0.2, 0) is 32.3 Å². The number of nitrogens with zero attached hydrogens (tertiary/aromatic N) is 4.